The highest BCUT2D eigenvalue weighted by Gasteiger charge is 2.33. The summed E-state index contributed by atoms with van der Waals surface area (Å²) < 4.78 is 5.96. The van der Waals surface area contributed by atoms with Gasteiger partial charge in [0.15, 0.2) is 6.10 Å². The molecule has 1 aromatic rings. The fourth-order valence-corrected chi connectivity index (χ4v) is 2.34. The Labute approximate surface area is 117 Å². The number of benzene rings is 1. The maximum Gasteiger partial charge on any atom is 0.336 e. The summed E-state index contributed by atoms with van der Waals surface area (Å²) in [5.74, 6) is -1.01. The lowest BCUT2D eigenvalue weighted by Crippen LogP contribution is -2.43. The Hall–Kier alpha value is -1.35. The van der Waals surface area contributed by atoms with E-state index in [0.29, 0.717) is 15.0 Å². The van der Waals surface area contributed by atoms with Crippen molar-refractivity contribution in [3.63, 3.8) is 0 Å². The zero-order valence-corrected chi connectivity index (χ0v) is 11.8. The van der Waals surface area contributed by atoms with Crippen molar-refractivity contribution < 1.29 is 24.3 Å². The number of carboxylic acids is 1. The molecule has 1 N–H and O–H groups in total. The first kappa shape index (κ1) is 13.1. The number of anilines is 1. The summed E-state index contributed by atoms with van der Waals surface area (Å²) in [6, 6.07) is 2.95. The van der Waals surface area contributed by atoms with Gasteiger partial charge >= 0.3 is 5.97 Å². The lowest BCUT2D eigenvalue weighted by Gasteiger charge is -2.31. The van der Waals surface area contributed by atoms with E-state index in [1.807, 2.05) is 22.6 Å². The highest BCUT2D eigenvalue weighted by Crippen LogP contribution is 2.37. The highest BCUT2D eigenvalue weighted by atomic mass is 127. The molecule has 0 fully saturated rings. The van der Waals surface area contributed by atoms with Crippen molar-refractivity contribution >= 4 is 40.2 Å². The van der Waals surface area contributed by atoms with Crippen LogP contribution >= 0.6 is 22.6 Å². The van der Waals surface area contributed by atoms with Crippen LogP contribution in [0.5, 0.6) is 5.75 Å². The van der Waals surface area contributed by atoms with E-state index in [1.54, 1.807) is 13.0 Å². The topological polar surface area (TPSA) is 76.1 Å². The van der Waals surface area contributed by atoms with Gasteiger partial charge in [0.1, 0.15) is 11.4 Å². The van der Waals surface area contributed by atoms with Crippen LogP contribution in [-0.4, -0.2) is 30.2 Å². The molecule has 0 aromatic heterocycles. The summed E-state index contributed by atoms with van der Waals surface area (Å²) in [5, 5.41) is 10.1. The second-order valence-corrected chi connectivity index (χ2v) is 4.84. The van der Waals surface area contributed by atoms with Crippen LogP contribution in [0.1, 0.15) is 17.3 Å². The summed E-state index contributed by atoms with van der Waals surface area (Å²) in [6.07, 6.45) is -0.663. The predicted molar refractivity (Wildman–Crippen MR) is 70.7 cm³/mol. The van der Waals surface area contributed by atoms with Crippen LogP contribution in [0.15, 0.2) is 12.1 Å². The first-order valence-electron chi connectivity index (χ1n) is 5.07. The van der Waals surface area contributed by atoms with Crippen molar-refractivity contribution in [3.05, 3.63) is 21.3 Å². The van der Waals surface area contributed by atoms with Crippen LogP contribution in [-0.2, 0) is 9.63 Å². The van der Waals surface area contributed by atoms with Crippen molar-refractivity contribution in [2.24, 2.45) is 0 Å². The molecule has 18 heavy (non-hydrogen) atoms. The average Bonchev–Trinajstić information content (AvgIpc) is 2.30. The smallest absolute Gasteiger partial charge is 0.336 e. The molecule has 1 amide bonds. The second-order valence-electron chi connectivity index (χ2n) is 3.68. The maximum absolute atomic E-state index is 11.8. The Kier molecular flexibility index (Phi) is 3.44. The Morgan fingerprint density at radius 1 is 1.56 bits per heavy atom. The van der Waals surface area contributed by atoms with Crippen LogP contribution in [0.2, 0.25) is 0 Å². The molecule has 2 rings (SSSR count). The van der Waals surface area contributed by atoms with E-state index in [-0.39, 0.29) is 11.5 Å². The largest absolute Gasteiger partial charge is 0.478 e. The average molecular weight is 363 g/mol. The predicted octanol–water partition coefficient (Wildman–Crippen LogP) is 1.66. The van der Waals surface area contributed by atoms with Crippen molar-refractivity contribution in [1.82, 2.24) is 0 Å². The van der Waals surface area contributed by atoms with Crippen LogP contribution in [0.4, 0.5) is 5.69 Å². The highest BCUT2D eigenvalue weighted by molar-refractivity contribution is 14.1. The Bertz CT molecular complexity index is 530. The number of aromatic carboxylic acids is 1. The van der Waals surface area contributed by atoms with Crippen molar-refractivity contribution in [1.29, 1.82) is 0 Å². The number of ether oxygens (including phenoxy) is 1. The molecule has 0 saturated heterocycles. The van der Waals surface area contributed by atoms with E-state index in [4.69, 9.17) is 14.7 Å². The van der Waals surface area contributed by atoms with Gasteiger partial charge in [0.2, 0.25) is 0 Å². The molecule has 0 bridgehead atoms. The van der Waals surface area contributed by atoms with Crippen LogP contribution in [0.25, 0.3) is 0 Å². The molecular weight excluding hydrogens is 353 g/mol. The third kappa shape index (κ3) is 2.03. The minimum absolute atomic E-state index is 0.0994. The SMILES string of the molecule is CON1C(=O)[C@@H](C)Oc2cc(I)c(C(=O)O)cc21. The van der Waals surface area contributed by atoms with E-state index in [9.17, 15) is 9.59 Å². The number of hydrogen-bond acceptors (Lipinski definition) is 4. The molecular formula is C11H10INO5. The summed E-state index contributed by atoms with van der Waals surface area (Å²) in [4.78, 5) is 27.9. The number of hydroxylamine groups is 1. The van der Waals surface area contributed by atoms with Gasteiger partial charge < -0.3 is 9.84 Å². The number of carbonyl (C=O) groups is 2. The van der Waals surface area contributed by atoms with Gasteiger partial charge in [-0.1, -0.05) is 0 Å². The molecule has 0 spiro atoms. The zero-order chi connectivity index (χ0) is 13.4. The number of rotatable bonds is 2. The van der Waals surface area contributed by atoms with E-state index in [1.165, 1.54) is 13.2 Å². The lowest BCUT2D eigenvalue weighted by molar-refractivity contribution is -0.132. The first-order valence-corrected chi connectivity index (χ1v) is 6.15. The standard InChI is InChI=1S/C11H10INO5/c1-5-10(14)13(17-2)8-3-6(11(15)16)7(12)4-9(8)18-5/h3-5H,1-2H3,(H,15,16)/t5-/m1/s1. The Morgan fingerprint density at radius 2 is 2.22 bits per heavy atom. The number of hydrogen-bond donors (Lipinski definition) is 1. The van der Waals surface area contributed by atoms with Crippen molar-refractivity contribution in [2.75, 3.05) is 12.2 Å². The van der Waals surface area contributed by atoms with E-state index in [0.717, 1.165) is 5.06 Å². The summed E-state index contributed by atoms with van der Waals surface area (Å²) in [5.41, 5.74) is 0.403. The van der Waals surface area contributed by atoms with Gasteiger partial charge in [-0.3, -0.25) is 9.63 Å². The van der Waals surface area contributed by atoms with Gasteiger partial charge in [0.25, 0.3) is 5.91 Å². The number of amides is 1. The molecule has 0 unspecified atom stereocenters. The van der Waals surface area contributed by atoms with Crippen LogP contribution in [0, 0.1) is 3.57 Å². The lowest BCUT2D eigenvalue weighted by atomic mass is 10.1. The third-order valence-corrected chi connectivity index (χ3v) is 3.42. The Balaban J connectivity index is 2.60. The molecule has 1 aliphatic rings. The molecule has 0 aliphatic carbocycles. The van der Waals surface area contributed by atoms with Gasteiger partial charge in [-0.25, -0.2) is 4.79 Å². The normalized spacial score (nSPS) is 18.3. The molecule has 7 heteroatoms. The molecule has 96 valence electrons. The van der Waals surface area contributed by atoms with Gasteiger partial charge in [-0.15, -0.1) is 0 Å². The minimum Gasteiger partial charge on any atom is -0.478 e. The quantitative estimate of drug-likeness (QED) is 0.809. The summed E-state index contributed by atoms with van der Waals surface area (Å²) in [6.45, 7) is 1.61. The molecule has 0 radical (unpaired) electrons. The van der Waals surface area contributed by atoms with Crippen LogP contribution < -0.4 is 9.80 Å². The fraction of sp³-hybridized carbons (Fsp3) is 0.273. The van der Waals surface area contributed by atoms with E-state index in [2.05, 4.69) is 0 Å². The number of halogens is 1. The first-order chi connectivity index (χ1) is 8.45. The van der Waals surface area contributed by atoms with Gasteiger partial charge in [0, 0.05) is 3.57 Å². The zero-order valence-electron chi connectivity index (χ0n) is 9.64. The minimum atomic E-state index is -1.07. The maximum atomic E-state index is 11.8. The van der Waals surface area contributed by atoms with Crippen molar-refractivity contribution in [2.45, 2.75) is 13.0 Å². The van der Waals surface area contributed by atoms with E-state index >= 15 is 0 Å². The third-order valence-electron chi connectivity index (χ3n) is 2.53. The number of nitrogens with zero attached hydrogens (tertiary/aromatic N) is 1. The number of carboxylic acid groups (broad SMARTS) is 1. The molecule has 1 aromatic carbocycles. The van der Waals surface area contributed by atoms with Crippen molar-refractivity contribution in [3.8, 4) is 5.75 Å². The second kappa shape index (κ2) is 4.73. The Morgan fingerprint density at radius 3 is 2.78 bits per heavy atom. The molecule has 1 aliphatic heterocycles. The van der Waals surface area contributed by atoms with E-state index < -0.39 is 12.1 Å². The molecule has 0 saturated carbocycles. The summed E-state index contributed by atoms with van der Waals surface area (Å²) in [7, 11) is 1.35. The number of fused-ring (bicyclic) bond motifs is 1. The van der Waals surface area contributed by atoms with Gasteiger partial charge in [-0.05, 0) is 41.6 Å². The molecule has 1 atom stereocenters. The monoisotopic (exact) mass is 363 g/mol. The van der Waals surface area contributed by atoms with Gasteiger partial charge in [0.05, 0.1) is 12.7 Å². The summed E-state index contributed by atoms with van der Waals surface area (Å²) >= 11 is 1.91. The fourth-order valence-electron chi connectivity index (χ4n) is 1.67. The van der Waals surface area contributed by atoms with Crippen LogP contribution in [0.3, 0.4) is 0 Å². The number of carbonyl (C=O) groups excluding carboxylic acids is 1. The molecule has 1 heterocycles. The van der Waals surface area contributed by atoms with Gasteiger partial charge in [-0.2, -0.15) is 5.06 Å². The molecule has 6 nitrogen and oxygen atoms in total.